The number of carbonyl (C=O) groups is 1. The van der Waals surface area contributed by atoms with Crippen molar-refractivity contribution in [3.05, 3.63) is 59.7 Å². The highest BCUT2D eigenvalue weighted by Crippen LogP contribution is 2.19. The molecule has 0 spiro atoms. The van der Waals surface area contributed by atoms with Gasteiger partial charge in [0.25, 0.3) is 0 Å². The molecule has 2 aromatic rings. The first kappa shape index (κ1) is 22.9. The lowest BCUT2D eigenvalue weighted by Crippen LogP contribution is -2.49. The molecule has 0 saturated carbocycles. The van der Waals surface area contributed by atoms with Gasteiger partial charge in [0, 0.05) is 32.7 Å². The van der Waals surface area contributed by atoms with Gasteiger partial charge in [0.05, 0.1) is 6.61 Å². The maximum Gasteiger partial charge on any atom is 0.410 e. The average molecular weight is 427 g/mol. The molecule has 1 heterocycles. The van der Waals surface area contributed by atoms with Crippen molar-refractivity contribution in [1.29, 1.82) is 0 Å². The highest BCUT2D eigenvalue weighted by atomic mass is 16.6. The molecule has 0 radical (unpaired) electrons. The minimum atomic E-state index is -0.452. The Morgan fingerprint density at radius 3 is 1.94 bits per heavy atom. The Morgan fingerprint density at radius 1 is 0.839 bits per heavy atom. The van der Waals surface area contributed by atoms with Crippen molar-refractivity contribution in [2.24, 2.45) is 0 Å². The number of piperazine rings is 1. The van der Waals surface area contributed by atoms with Crippen LogP contribution in [0, 0.1) is 0 Å². The zero-order valence-electron chi connectivity index (χ0n) is 19.1. The molecule has 0 bridgehead atoms. The number of amides is 1. The summed E-state index contributed by atoms with van der Waals surface area (Å²) in [6.45, 7) is 12.8. The fourth-order valence-corrected chi connectivity index (χ4v) is 3.38. The smallest absolute Gasteiger partial charge is 0.410 e. The third-order valence-corrected chi connectivity index (χ3v) is 4.99. The summed E-state index contributed by atoms with van der Waals surface area (Å²) in [6.07, 6.45) is -0.218. The minimum Gasteiger partial charge on any atom is -0.494 e. The summed E-state index contributed by atoms with van der Waals surface area (Å²) in [4.78, 5) is 16.4. The number of benzene rings is 2. The number of nitrogens with zero attached hydrogens (tertiary/aromatic N) is 2. The fourth-order valence-electron chi connectivity index (χ4n) is 3.38. The third-order valence-electron chi connectivity index (χ3n) is 4.99. The SMILES string of the molecule is CCOc1ccc(OCc2ccc(CN3CCN(C(=O)OC(C)(C)C)CC3)cc2)cc1. The summed E-state index contributed by atoms with van der Waals surface area (Å²) in [6, 6.07) is 16.2. The molecule has 0 unspecified atom stereocenters. The first-order valence-corrected chi connectivity index (χ1v) is 11.0. The lowest BCUT2D eigenvalue weighted by Gasteiger charge is -2.35. The van der Waals surface area contributed by atoms with Crippen LogP contribution in [0.3, 0.4) is 0 Å². The Morgan fingerprint density at radius 2 is 1.39 bits per heavy atom. The Balaban J connectivity index is 1.42. The second kappa shape index (κ2) is 10.5. The van der Waals surface area contributed by atoms with E-state index in [1.54, 1.807) is 4.90 Å². The summed E-state index contributed by atoms with van der Waals surface area (Å²) >= 11 is 0. The first-order chi connectivity index (χ1) is 14.8. The molecule has 1 aliphatic rings. The Labute approximate surface area is 185 Å². The molecule has 6 nitrogen and oxygen atoms in total. The van der Waals surface area contributed by atoms with Crippen molar-refractivity contribution in [2.45, 2.75) is 46.4 Å². The maximum absolute atomic E-state index is 12.2. The van der Waals surface area contributed by atoms with E-state index < -0.39 is 5.60 Å². The van der Waals surface area contributed by atoms with Crippen LogP contribution in [0.25, 0.3) is 0 Å². The number of carbonyl (C=O) groups excluding carboxylic acids is 1. The summed E-state index contributed by atoms with van der Waals surface area (Å²) in [5.74, 6) is 1.68. The lowest BCUT2D eigenvalue weighted by atomic mass is 10.1. The van der Waals surface area contributed by atoms with Gasteiger partial charge in [-0.05, 0) is 63.1 Å². The lowest BCUT2D eigenvalue weighted by molar-refractivity contribution is 0.0139. The van der Waals surface area contributed by atoms with E-state index in [0.717, 1.165) is 36.7 Å². The van der Waals surface area contributed by atoms with Gasteiger partial charge in [-0.3, -0.25) is 4.90 Å². The molecular formula is C25H34N2O4. The highest BCUT2D eigenvalue weighted by molar-refractivity contribution is 5.68. The summed E-state index contributed by atoms with van der Waals surface area (Å²) in [5.41, 5.74) is 1.94. The van der Waals surface area contributed by atoms with Gasteiger partial charge in [0.15, 0.2) is 0 Å². The number of ether oxygens (including phenoxy) is 3. The van der Waals surface area contributed by atoms with Crippen molar-refractivity contribution in [3.63, 3.8) is 0 Å². The Bertz CT molecular complexity index is 820. The zero-order chi connectivity index (χ0) is 22.3. The predicted octanol–water partition coefficient (Wildman–Crippen LogP) is 4.72. The van der Waals surface area contributed by atoms with E-state index in [1.165, 1.54) is 5.56 Å². The zero-order valence-corrected chi connectivity index (χ0v) is 19.1. The average Bonchev–Trinajstić information content (AvgIpc) is 2.74. The van der Waals surface area contributed by atoms with Gasteiger partial charge in [-0.25, -0.2) is 4.79 Å². The van der Waals surface area contributed by atoms with Crippen LogP contribution in [0.5, 0.6) is 11.5 Å². The fraction of sp³-hybridized carbons (Fsp3) is 0.480. The van der Waals surface area contributed by atoms with E-state index in [-0.39, 0.29) is 6.09 Å². The van der Waals surface area contributed by atoms with Gasteiger partial charge in [-0.1, -0.05) is 24.3 Å². The molecule has 1 amide bonds. The first-order valence-electron chi connectivity index (χ1n) is 11.0. The third kappa shape index (κ3) is 7.47. The molecular weight excluding hydrogens is 392 g/mol. The van der Waals surface area contributed by atoms with Crippen molar-refractivity contribution < 1.29 is 19.0 Å². The molecule has 6 heteroatoms. The van der Waals surface area contributed by atoms with Gasteiger partial charge in [0.1, 0.15) is 23.7 Å². The molecule has 3 rings (SSSR count). The Kier molecular flexibility index (Phi) is 7.80. The maximum atomic E-state index is 12.2. The molecule has 31 heavy (non-hydrogen) atoms. The molecule has 2 aromatic carbocycles. The van der Waals surface area contributed by atoms with Crippen LogP contribution in [0.1, 0.15) is 38.8 Å². The Hall–Kier alpha value is -2.73. The number of hydrogen-bond donors (Lipinski definition) is 0. The van der Waals surface area contributed by atoms with Crippen LogP contribution >= 0.6 is 0 Å². The molecule has 0 atom stereocenters. The molecule has 0 N–H and O–H groups in total. The van der Waals surface area contributed by atoms with Crippen molar-refractivity contribution in [2.75, 3.05) is 32.8 Å². The minimum absolute atomic E-state index is 0.218. The van der Waals surface area contributed by atoms with Crippen LogP contribution < -0.4 is 9.47 Å². The van der Waals surface area contributed by atoms with Crippen LogP contribution in [0.4, 0.5) is 4.79 Å². The largest absolute Gasteiger partial charge is 0.494 e. The van der Waals surface area contributed by atoms with E-state index in [0.29, 0.717) is 26.3 Å². The molecule has 1 fully saturated rings. The highest BCUT2D eigenvalue weighted by Gasteiger charge is 2.25. The molecule has 0 aromatic heterocycles. The molecule has 0 aliphatic carbocycles. The van der Waals surface area contributed by atoms with Crippen molar-refractivity contribution in [3.8, 4) is 11.5 Å². The van der Waals surface area contributed by atoms with Gasteiger partial charge < -0.3 is 19.1 Å². The number of hydrogen-bond acceptors (Lipinski definition) is 5. The topological polar surface area (TPSA) is 51.2 Å². The number of rotatable bonds is 7. The predicted molar refractivity (Wildman–Crippen MR) is 121 cm³/mol. The van der Waals surface area contributed by atoms with Gasteiger partial charge in [-0.2, -0.15) is 0 Å². The standard InChI is InChI=1S/C25H34N2O4/c1-5-29-22-10-12-23(13-11-22)30-19-21-8-6-20(7-9-21)18-26-14-16-27(17-15-26)24(28)31-25(2,3)4/h6-13H,5,14-19H2,1-4H3. The van der Waals surface area contributed by atoms with E-state index >= 15 is 0 Å². The van der Waals surface area contributed by atoms with Gasteiger partial charge in [-0.15, -0.1) is 0 Å². The van der Waals surface area contributed by atoms with E-state index in [2.05, 4.69) is 29.2 Å². The normalized spacial score (nSPS) is 14.9. The molecule has 1 aliphatic heterocycles. The van der Waals surface area contributed by atoms with E-state index in [4.69, 9.17) is 14.2 Å². The molecule has 1 saturated heterocycles. The van der Waals surface area contributed by atoms with Crippen LogP contribution in [0.15, 0.2) is 48.5 Å². The van der Waals surface area contributed by atoms with Crippen LogP contribution in [0.2, 0.25) is 0 Å². The van der Waals surface area contributed by atoms with Crippen LogP contribution in [-0.2, 0) is 17.9 Å². The van der Waals surface area contributed by atoms with Crippen molar-refractivity contribution >= 4 is 6.09 Å². The summed E-state index contributed by atoms with van der Waals surface area (Å²) < 4.78 is 16.8. The van der Waals surface area contributed by atoms with E-state index in [1.807, 2.05) is 52.0 Å². The second-order valence-corrected chi connectivity index (χ2v) is 8.75. The summed E-state index contributed by atoms with van der Waals surface area (Å²) in [5, 5.41) is 0. The quantitative estimate of drug-likeness (QED) is 0.641. The molecule has 168 valence electrons. The monoisotopic (exact) mass is 426 g/mol. The second-order valence-electron chi connectivity index (χ2n) is 8.75. The summed E-state index contributed by atoms with van der Waals surface area (Å²) in [7, 11) is 0. The van der Waals surface area contributed by atoms with E-state index in [9.17, 15) is 4.79 Å². The van der Waals surface area contributed by atoms with Crippen LogP contribution in [-0.4, -0.2) is 54.3 Å². The van der Waals surface area contributed by atoms with Gasteiger partial charge >= 0.3 is 6.09 Å². The van der Waals surface area contributed by atoms with Gasteiger partial charge in [0.2, 0.25) is 0 Å². The van der Waals surface area contributed by atoms with Crippen molar-refractivity contribution in [1.82, 2.24) is 9.80 Å².